The summed E-state index contributed by atoms with van der Waals surface area (Å²) in [6, 6.07) is 11.1. The molecular formula is C21H27ClN2O4. The number of carbonyl (C=O) groups is 1. The Morgan fingerprint density at radius 2 is 1.93 bits per heavy atom. The van der Waals surface area contributed by atoms with E-state index < -0.39 is 6.10 Å². The number of carbonyl (C=O) groups excluding carboxylic acids is 1. The van der Waals surface area contributed by atoms with Crippen LogP contribution < -0.4 is 20.1 Å². The lowest BCUT2D eigenvalue weighted by molar-refractivity contribution is -0.118. The molecule has 0 saturated carbocycles. The Morgan fingerprint density at radius 1 is 1.21 bits per heavy atom. The highest BCUT2D eigenvalue weighted by Gasteiger charge is 2.15. The van der Waals surface area contributed by atoms with Crippen LogP contribution in [0, 0.1) is 6.92 Å². The van der Waals surface area contributed by atoms with Crippen LogP contribution in [-0.2, 0) is 11.3 Å². The van der Waals surface area contributed by atoms with E-state index in [0.29, 0.717) is 41.9 Å². The fourth-order valence-corrected chi connectivity index (χ4v) is 2.81. The van der Waals surface area contributed by atoms with Gasteiger partial charge in [-0.05, 0) is 50.6 Å². The summed E-state index contributed by atoms with van der Waals surface area (Å²) in [4.78, 5) is 12.2. The van der Waals surface area contributed by atoms with Gasteiger partial charge in [-0.2, -0.15) is 0 Å². The highest BCUT2D eigenvalue weighted by atomic mass is 35.5. The Labute approximate surface area is 170 Å². The molecule has 0 aliphatic carbocycles. The van der Waals surface area contributed by atoms with Gasteiger partial charge in [-0.3, -0.25) is 4.79 Å². The van der Waals surface area contributed by atoms with Crippen molar-refractivity contribution >= 4 is 23.2 Å². The standard InChI is InChI=1S/C21H27ClN2O4/c1-4-27-19-10-16(12-23-11-15(3)25)9-18(22)21(19)28-13-20(26)24-17-7-5-14(2)6-8-17/h5-10,15,23,25H,4,11-13H2,1-3H3,(H,24,26)/t15-/m0/s1. The lowest BCUT2D eigenvalue weighted by Crippen LogP contribution is -2.24. The van der Waals surface area contributed by atoms with Crippen molar-refractivity contribution in [3.63, 3.8) is 0 Å². The zero-order valence-corrected chi connectivity index (χ0v) is 17.2. The molecule has 0 heterocycles. The zero-order valence-electron chi connectivity index (χ0n) is 16.4. The summed E-state index contributed by atoms with van der Waals surface area (Å²) in [6.45, 7) is 6.80. The van der Waals surface area contributed by atoms with Gasteiger partial charge in [0.25, 0.3) is 5.91 Å². The average molecular weight is 407 g/mol. The van der Waals surface area contributed by atoms with Crippen LogP contribution in [0.2, 0.25) is 5.02 Å². The van der Waals surface area contributed by atoms with E-state index in [-0.39, 0.29) is 12.5 Å². The topological polar surface area (TPSA) is 79.8 Å². The molecule has 152 valence electrons. The number of hydrogen-bond donors (Lipinski definition) is 3. The third kappa shape index (κ3) is 7.03. The largest absolute Gasteiger partial charge is 0.490 e. The molecule has 0 spiro atoms. The van der Waals surface area contributed by atoms with Crippen LogP contribution in [-0.4, -0.2) is 36.9 Å². The van der Waals surface area contributed by atoms with E-state index in [1.54, 1.807) is 13.0 Å². The fourth-order valence-electron chi connectivity index (χ4n) is 2.52. The van der Waals surface area contributed by atoms with Crippen LogP contribution in [0.25, 0.3) is 0 Å². The van der Waals surface area contributed by atoms with Crippen LogP contribution >= 0.6 is 11.6 Å². The van der Waals surface area contributed by atoms with Gasteiger partial charge in [0.15, 0.2) is 18.1 Å². The quantitative estimate of drug-likeness (QED) is 0.562. The molecular weight excluding hydrogens is 380 g/mol. The van der Waals surface area contributed by atoms with Crippen molar-refractivity contribution in [2.45, 2.75) is 33.4 Å². The molecule has 0 fully saturated rings. The molecule has 0 aliphatic heterocycles. The molecule has 7 heteroatoms. The van der Waals surface area contributed by atoms with E-state index in [4.69, 9.17) is 21.1 Å². The van der Waals surface area contributed by atoms with Crippen molar-refractivity contribution in [1.82, 2.24) is 5.32 Å². The lowest BCUT2D eigenvalue weighted by atomic mass is 10.2. The molecule has 1 amide bonds. The van der Waals surface area contributed by atoms with Gasteiger partial charge in [0.05, 0.1) is 17.7 Å². The fraction of sp³-hybridized carbons (Fsp3) is 0.381. The maximum absolute atomic E-state index is 12.2. The second-order valence-electron chi connectivity index (χ2n) is 6.52. The molecule has 0 saturated heterocycles. The normalized spacial score (nSPS) is 11.8. The van der Waals surface area contributed by atoms with E-state index in [0.717, 1.165) is 11.1 Å². The molecule has 28 heavy (non-hydrogen) atoms. The molecule has 0 radical (unpaired) electrons. The average Bonchev–Trinajstić information content (AvgIpc) is 2.63. The minimum absolute atomic E-state index is 0.187. The number of benzene rings is 2. The second kappa shape index (κ2) is 10.9. The van der Waals surface area contributed by atoms with Gasteiger partial charge in [-0.1, -0.05) is 29.3 Å². The van der Waals surface area contributed by atoms with Crippen LogP contribution in [0.4, 0.5) is 5.69 Å². The maximum atomic E-state index is 12.2. The van der Waals surface area contributed by atoms with E-state index in [2.05, 4.69) is 10.6 Å². The summed E-state index contributed by atoms with van der Waals surface area (Å²) in [7, 11) is 0. The lowest BCUT2D eigenvalue weighted by Gasteiger charge is -2.16. The van der Waals surface area contributed by atoms with Crippen LogP contribution in [0.3, 0.4) is 0 Å². The molecule has 1 atom stereocenters. The predicted molar refractivity (Wildman–Crippen MR) is 111 cm³/mol. The summed E-state index contributed by atoms with van der Waals surface area (Å²) in [5.74, 6) is 0.527. The van der Waals surface area contributed by atoms with E-state index in [1.807, 2.05) is 44.2 Å². The minimum Gasteiger partial charge on any atom is -0.490 e. The van der Waals surface area contributed by atoms with Gasteiger partial charge in [0, 0.05) is 18.8 Å². The van der Waals surface area contributed by atoms with Crippen molar-refractivity contribution in [2.24, 2.45) is 0 Å². The monoisotopic (exact) mass is 406 g/mol. The third-order valence-corrected chi connectivity index (χ3v) is 4.10. The van der Waals surface area contributed by atoms with Gasteiger partial charge in [-0.15, -0.1) is 0 Å². The number of aliphatic hydroxyl groups excluding tert-OH is 1. The summed E-state index contributed by atoms with van der Waals surface area (Å²) in [6.07, 6.45) is -0.434. The second-order valence-corrected chi connectivity index (χ2v) is 6.93. The highest BCUT2D eigenvalue weighted by molar-refractivity contribution is 6.32. The molecule has 0 unspecified atom stereocenters. The first kappa shape index (κ1) is 22.0. The van der Waals surface area contributed by atoms with Gasteiger partial charge >= 0.3 is 0 Å². The van der Waals surface area contributed by atoms with E-state index in [1.165, 1.54) is 0 Å². The summed E-state index contributed by atoms with van der Waals surface area (Å²) in [5.41, 5.74) is 2.71. The number of anilines is 1. The smallest absolute Gasteiger partial charge is 0.262 e. The molecule has 3 N–H and O–H groups in total. The Bertz CT molecular complexity index is 779. The first-order chi connectivity index (χ1) is 13.4. The number of rotatable bonds is 10. The molecule has 2 aromatic carbocycles. The molecule has 0 bridgehead atoms. The Kier molecular flexibility index (Phi) is 8.57. The third-order valence-electron chi connectivity index (χ3n) is 3.82. The number of hydrogen-bond acceptors (Lipinski definition) is 5. The first-order valence-corrected chi connectivity index (χ1v) is 9.60. The number of aryl methyl sites for hydroxylation is 1. The van der Waals surface area contributed by atoms with Gasteiger partial charge < -0.3 is 25.2 Å². The Balaban J connectivity index is 2.02. The van der Waals surface area contributed by atoms with Crippen molar-refractivity contribution in [3.05, 3.63) is 52.5 Å². The van der Waals surface area contributed by atoms with Crippen molar-refractivity contribution in [2.75, 3.05) is 25.1 Å². The summed E-state index contributed by atoms with van der Waals surface area (Å²) >= 11 is 6.36. The minimum atomic E-state index is -0.434. The van der Waals surface area contributed by atoms with Crippen LogP contribution in [0.5, 0.6) is 11.5 Å². The van der Waals surface area contributed by atoms with Crippen molar-refractivity contribution in [3.8, 4) is 11.5 Å². The molecule has 0 aromatic heterocycles. The van der Waals surface area contributed by atoms with Crippen molar-refractivity contribution in [1.29, 1.82) is 0 Å². The number of aliphatic hydroxyl groups is 1. The van der Waals surface area contributed by atoms with E-state index in [9.17, 15) is 9.90 Å². The highest BCUT2D eigenvalue weighted by Crippen LogP contribution is 2.36. The van der Waals surface area contributed by atoms with Gasteiger partial charge in [0.1, 0.15) is 0 Å². The molecule has 6 nitrogen and oxygen atoms in total. The van der Waals surface area contributed by atoms with Gasteiger partial charge in [0.2, 0.25) is 0 Å². The predicted octanol–water partition coefficient (Wildman–Crippen LogP) is 3.54. The van der Waals surface area contributed by atoms with Crippen molar-refractivity contribution < 1.29 is 19.4 Å². The first-order valence-electron chi connectivity index (χ1n) is 9.22. The number of nitrogens with one attached hydrogen (secondary N) is 2. The SMILES string of the molecule is CCOc1cc(CNC[C@H](C)O)cc(Cl)c1OCC(=O)Nc1ccc(C)cc1. The Hall–Kier alpha value is -2.28. The maximum Gasteiger partial charge on any atom is 0.262 e. The molecule has 2 aromatic rings. The van der Waals surface area contributed by atoms with Gasteiger partial charge in [-0.25, -0.2) is 0 Å². The van der Waals surface area contributed by atoms with Crippen LogP contribution in [0.15, 0.2) is 36.4 Å². The number of amides is 1. The molecule has 2 rings (SSSR count). The number of ether oxygens (including phenoxy) is 2. The summed E-state index contributed by atoms with van der Waals surface area (Å²) < 4.78 is 11.3. The number of halogens is 1. The molecule has 0 aliphatic rings. The Morgan fingerprint density at radius 3 is 2.57 bits per heavy atom. The van der Waals surface area contributed by atoms with Crippen LogP contribution in [0.1, 0.15) is 25.0 Å². The van der Waals surface area contributed by atoms with E-state index >= 15 is 0 Å². The zero-order chi connectivity index (χ0) is 20.5. The summed E-state index contributed by atoms with van der Waals surface area (Å²) in [5, 5.41) is 15.6.